The van der Waals surface area contributed by atoms with Crippen LogP contribution in [-0.4, -0.2) is 17.0 Å². The van der Waals surface area contributed by atoms with Crippen LogP contribution in [-0.2, 0) is 4.79 Å². The fraction of sp³-hybridized carbons (Fsp3) is 0.250. The molecule has 0 saturated heterocycles. The lowest BCUT2D eigenvalue weighted by Crippen LogP contribution is -2.07. The Morgan fingerprint density at radius 1 is 1.43 bits per heavy atom. The highest BCUT2D eigenvalue weighted by Crippen LogP contribution is 2.03. The predicted octanol–water partition coefficient (Wildman–Crippen LogP) is 2.04. The largest absolute Gasteiger partial charge is 0.389 e. The summed E-state index contributed by atoms with van der Waals surface area (Å²) in [7, 11) is 0. The average molecular weight is 190 g/mol. The van der Waals surface area contributed by atoms with E-state index < -0.39 is 6.10 Å². The third kappa shape index (κ3) is 4.01. The molecule has 0 fully saturated rings. The summed E-state index contributed by atoms with van der Waals surface area (Å²) in [5.41, 5.74) is 1.02. The first-order valence-electron chi connectivity index (χ1n) is 4.59. The van der Waals surface area contributed by atoms with Gasteiger partial charge in [0.1, 0.15) is 5.78 Å². The molecule has 74 valence electrons. The van der Waals surface area contributed by atoms with Gasteiger partial charge in [0.25, 0.3) is 0 Å². The number of hydrogen-bond donors (Lipinski definition) is 1. The molecule has 0 unspecified atom stereocenters. The summed E-state index contributed by atoms with van der Waals surface area (Å²) in [4.78, 5) is 10.7. The third-order valence-electron chi connectivity index (χ3n) is 1.81. The number of Topliss-reactive ketones (excluding diaryl/α,β-unsaturated/α-hetero) is 1. The Hall–Kier alpha value is -1.41. The van der Waals surface area contributed by atoms with Crippen molar-refractivity contribution in [3.05, 3.63) is 42.0 Å². The van der Waals surface area contributed by atoms with Crippen LogP contribution in [0.25, 0.3) is 6.08 Å². The molecule has 2 heteroatoms. The Bertz CT molecular complexity index is 314. The van der Waals surface area contributed by atoms with Gasteiger partial charge in [-0.25, -0.2) is 0 Å². The molecule has 0 amide bonds. The van der Waals surface area contributed by atoms with Crippen LogP contribution >= 0.6 is 0 Å². The van der Waals surface area contributed by atoms with Crippen LogP contribution in [0.1, 0.15) is 18.9 Å². The van der Waals surface area contributed by atoms with E-state index in [0.29, 0.717) is 0 Å². The molecule has 1 N–H and O–H groups in total. The molecule has 1 atom stereocenters. The highest BCUT2D eigenvalue weighted by atomic mass is 16.3. The summed E-state index contributed by atoms with van der Waals surface area (Å²) in [6.07, 6.45) is 2.96. The zero-order valence-electron chi connectivity index (χ0n) is 8.18. The van der Waals surface area contributed by atoms with Crippen LogP contribution in [0.2, 0.25) is 0 Å². The topological polar surface area (TPSA) is 37.3 Å². The van der Waals surface area contributed by atoms with Gasteiger partial charge in [0.2, 0.25) is 0 Å². The van der Waals surface area contributed by atoms with Crippen LogP contribution < -0.4 is 0 Å². The summed E-state index contributed by atoms with van der Waals surface area (Å²) in [6.45, 7) is 1.47. The van der Waals surface area contributed by atoms with Crippen LogP contribution in [0.15, 0.2) is 36.4 Å². The van der Waals surface area contributed by atoms with Gasteiger partial charge in [0, 0.05) is 6.42 Å². The summed E-state index contributed by atoms with van der Waals surface area (Å²) < 4.78 is 0. The Kier molecular flexibility index (Phi) is 4.08. The number of aliphatic hydroxyl groups excluding tert-OH is 1. The van der Waals surface area contributed by atoms with Gasteiger partial charge in [0.05, 0.1) is 6.10 Å². The third-order valence-corrected chi connectivity index (χ3v) is 1.81. The minimum absolute atomic E-state index is 0.00443. The summed E-state index contributed by atoms with van der Waals surface area (Å²) in [6, 6.07) is 9.67. The van der Waals surface area contributed by atoms with Crippen molar-refractivity contribution in [2.75, 3.05) is 0 Å². The van der Waals surface area contributed by atoms with E-state index in [0.717, 1.165) is 5.56 Å². The van der Waals surface area contributed by atoms with Crippen molar-refractivity contribution in [3.8, 4) is 0 Å². The second-order valence-corrected chi connectivity index (χ2v) is 3.24. The standard InChI is InChI=1S/C12H14O2/c1-10(13)9-12(14)8-7-11-5-3-2-4-6-11/h2-8,12,14H,9H2,1H3/t12-/m1/s1. The summed E-state index contributed by atoms with van der Waals surface area (Å²) in [5, 5.41) is 9.37. The van der Waals surface area contributed by atoms with Gasteiger partial charge in [-0.15, -0.1) is 0 Å². The van der Waals surface area contributed by atoms with Crippen molar-refractivity contribution in [2.24, 2.45) is 0 Å². The zero-order valence-corrected chi connectivity index (χ0v) is 8.18. The van der Waals surface area contributed by atoms with E-state index >= 15 is 0 Å². The maximum atomic E-state index is 10.7. The lowest BCUT2D eigenvalue weighted by Gasteiger charge is -2.00. The first kappa shape index (κ1) is 10.7. The fourth-order valence-corrected chi connectivity index (χ4v) is 1.15. The minimum atomic E-state index is -0.673. The second-order valence-electron chi connectivity index (χ2n) is 3.24. The highest BCUT2D eigenvalue weighted by molar-refractivity contribution is 5.76. The van der Waals surface area contributed by atoms with E-state index in [2.05, 4.69) is 0 Å². The molecule has 14 heavy (non-hydrogen) atoms. The number of benzene rings is 1. The van der Waals surface area contributed by atoms with Crippen molar-refractivity contribution >= 4 is 11.9 Å². The molecule has 0 radical (unpaired) electrons. The Labute approximate surface area is 83.9 Å². The Balaban J connectivity index is 2.52. The Morgan fingerprint density at radius 2 is 2.07 bits per heavy atom. The van der Waals surface area contributed by atoms with Gasteiger partial charge in [0.15, 0.2) is 0 Å². The molecule has 1 aromatic carbocycles. The molecule has 0 aliphatic carbocycles. The van der Waals surface area contributed by atoms with Crippen molar-refractivity contribution in [1.29, 1.82) is 0 Å². The summed E-state index contributed by atoms with van der Waals surface area (Å²) in [5.74, 6) is -0.00443. The molecule has 1 aromatic rings. The normalized spacial score (nSPS) is 13.0. The quantitative estimate of drug-likeness (QED) is 0.788. The lowest BCUT2D eigenvalue weighted by atomic mass is 10.1. The molecule has 0 aliphatic heterocycles. The van der Waals surface area contributed by atoms with Gasteiger partial charge in [-0.2, -0.15) is 0 Å². The number of aliphatic hydroxyl groups is 1. The van der Waals surface area contributed by atoms with Crippen molar-refractivity contribution in [2.45, 2.75) is 19.4 Å². The monoisotopic (exact) mass is 190 g/mol. The molecule has 0 spiro atoms. The van der Waals surface area contributed by atoms with E-state index in [-0.39, 0.29) is 12.2 Å². The van der Waals surface area contributed by atoms with Crippen molar-refractivity contribution < 1.29 is 9.90 Å². The SMILES string of the molecule is CC(=O)C[C@H](O)C=Cc1ccccc1. The zero-order chi connectivity index (χ0) is 10.4. The van der Waals surface area contributed by atoms with Gasteiger partial charge in [-0.05, 0) is 12.5 Å². The predicted molar refractivity (Wildman–Crippen MR) is 56.8 cm³/mol. The molecule has 0 saturated carbocycles. The first-order chi connectivity index (χ1) is 6.68. The highest BCUT2D eigenvalue weighted by Gasteiger charge is 2.01. The van der Waals surface area contributed by atoms with Crippen LogP contribution in [0.5, 0.6) is 0 Å². The lowest BCUT2D eigenvalue weighted by molar-refractivity contribution is -0.118. The molecule has 0 aliphatic rings. The molecule has 0 heterocycles. The smallest absolute Gasteiger partial charge is 0.132 e. The number of carbonyl (C=O) groups is 1. The van der Waals surface area contributed by atoms with Crippen molar-refractivity contribution in [1.82, 2.24) is 0 Å². The Morgan fingerprint density at radius 3 is 2.64 bits per heavy atom. The van der Waals surface area contributed by atoms with Crippen LogP contribution in [0.3, 0.4) is 0 Å². The number of ketones is 1. The van der Waals surface area contributed by atoms with E-state index in [1.807, 2.05) is 36.4 Å². The van der Waals surface area contributed by atoms with E-state index in [4.69, 9.17) is 0 Å². The molecule has 2 nitrogen and oxygen atoms in total. The number of carbonyl (C=O) groups excluding carboxylic acids is 1. The summed E-state index contributed by atoms with van der Waals surface area (Å²) >= 11 is 0. The maximum Gasteiger partial charge on any atom is 0.132 e. The molecule has 1 rings (SSSR count). The molecular formula is C12H14O2. The van der Waals surface area contributed by atoms with Gasteiger partial charge in [-0.3, -0.25) is 4.79 Å². The van der Waals surface area contributed by atoms with E-state index in [1.165, 1.54) is 6.92 Å². The van der Waals surface area contributed by atoms with Crippen molar-refractivity contribution in [3.63, 3.8) is 0 Å². The maximum absolute atomic E-state index is 10.7. The van der Waals surface area contributed by atoms with E-state index in [9.17, 15) is 9.90 Å². The minimum Gasteiger partial charge on any atom is -0.389 e. The van der Waals surface area contributed by atoms with Gasteiger partial charge in [-0.1, -0.05) is 42.5 Å². The molecule has 0 aromatic heterocycles. The fourth-order valence-electron chi connectivity index (χ4n) is 1.15. The number of rotatable bonds is 4. The van der Waals surface area contributed by atoms with Gasteiger partial charge < -0.3 is 5.11 Å². The van der Waals surface area contributed by atoms with Gasteiger partial charge >= 0.3 is 0 Å². The van der Waals surface area contributed by atoms with E-state index in [1.54, 1.807) is 6.08 Å². The number of hydrogen-bond acceptors (Lipinski definition) is 2. The first-order valence-corrected chi connectivity index (χ1v) is 4.59. The molecular weight excluding hydrogens is 176 g/mol. The van der Waals surface area contributed by atoms with Crippen LogP contribution in [0.4, 0.5) is 0 Å². The average Bonchev–Trinajstić information content (AvgIpc) is 2.15. The molecule has 0 bridgehead atoms. The second kappa shape index (κ2) is 5.35. The van der Waals surface area contributed by atoms with Crippen LogP contribution in [0, 0.1) is 0 Å².